The van der Waals surface area contributed by atoms with Crippen molar-refractivity contribution in [1.82, 2.24) is 0 Å². The summed E-state index contributed by atoms with van der Waals surface area (Å²) in [5.74, 6) is 0.00439. The molecule has 1 aromatic rings. The average Bonchev–Trinajstić information content (AvgIpc) is 2.14. The van der Waals surface area contributed by atoms with Gasteiger partial charge in [-0.2, -0.15) is 0 Å². The summed E-state index contributed by atoms with van der Waals surface area (Å²) in [5, 5.41) is 19.4. The third kappa shape index (κ3) is 2.62. The van der Waals surface area contributed by atoms with E-state index < -0.39 is 12.2 Å². The molecule has 0 saturated heterocycles. The number of nitrogen functional groups attached to an aromatic ring is 1. The number of benzene rings is 1. The molecule has 1 rings (SSSR count). The molecule has 15 heavy (non-hydrogen) atoms. The van der Waals surface area contributed by atoms with Gasteiger partial charge in [0.05, 0.1) is 12.0 Å². The standard InChI is InChI=1S/C11H16ClNO2/c1-6-3-8(13)4-7(2)10(6)11(15)9(14)5-12/h3-4,9,11,14-15H,5,13H2,1-2H3. The molecule has 0 bridgehead atoms. The van der Waals surface area contributed by atoms with Gasteiger partial charge in [-0.3, -0.25) is 0 Å². The minimum Gasteiger partial charge on any atom is -0.399 e. The second kappa shape index (κ2) is 4.84. The second-order valence-electron chi connectivity index (χ2n) is 3.73. The Hall–Kier alpha value is -0.770. The van der Waals surface area contributed by atoms with Crippen molar-refractivity contribution in [3.05, 3.63) is 28.8 Å². The normalized spacial score (nSPS) is 15.0. The van der Waals surface area contributed by atoms with Crippen molar-refractivity contribution in [3.8, 4) is 0 Å². The fourth-order valence-corrected chi connectivity index (χ4v) is 1.92. The minimum atomic E-state index is -0.955. The summed E-state index contributed by atoms with van der Waals surface area (Å²) in [5.41, 5.74) is 8.76. The molecule has 0 aliphatic heterocycles. The maximum absolute atomic E-state index is 9.87. The van der Waals surface area contributed by atoms with E-state index in [1.165, 1.54) is 0 Å². The molecule has 3 nitrogen and oxygen atoms in total. The van der Waals surface area contributed by atoms with E-state index in [-0.39, 0.29) is 5.88 Å². The Balaban J connectivity index is 3.13. The van der Waals surface area contributed by atoms with Crippen molar-refractivity contribution >= 4 is 17.3 Å². The van der Waals surface area contributed by atoms with Crippen LogP contribution in [0, 0.1) is 13.8 Å². The quantitative estimate of drug-likeness (QED) is 0.544. The highest BCUT2D eigenvalue weighted by Crippen LogP contribution is 2.27. The Morgan fingerprint density at radius 2 is 1.73 bits per heavy atom. The van der Waals surface area contributed by atoms with E-state index in [0.29, 0.717) is 11.3 Å². The molecule has 2 atom stereocenters. The van der Waals surface area contributed by atoms with Crippen LogP contribution in [-0.4, -0.2) is 22.2 Å². The van der Waals surface area contributed by atoms with Gasteiger partial charge in [0.25, 0.3) is 0 Å². The van der Waals surface area contributed by atoms with Crippen molar-refractivity contribution in [1.29, 1.82) is 0 Å². The SMILES string of the molecule is Cc1cc(N)cc(C)c1C(O)C(O)CCl. The van der Waals surface area contributed by atoms with Crippen molar-refractivity contribution in [2.24, 2.45) is 0 Å². The Kier molecular flexibility index (Phi) is 3.97. The Morgan fingerprint density at radius 1 is 1.27 bits per heavy atom. The summed E-state index contributed by atoms with van der Waals surface area (Å²) in [6.45, 7) is 3.70. The number of hydrogen-bond donors (Lipinski definition) is 3. The first-order valence-electron chi connectivity index (χ1n) is 4.76. The highest BCUT2D eigenvalue weighted by atomic mass is 35.5. The molecule has 0 fully saturated rings. The van der Waals surface area contributed by atoms with E-state index >= 15 is 0 Å². The van der Waals surface area contributed by atoms with Crippen LogP contribution in [0.15, 0.2) is 12.1 Å². The molecule has 0 aliphatic rings. The number of halogens is 1. The third-order valence-corrected chi connectivity index (χ3v) is 2.75. The van der Waals surface area contributed by atoms with Crippen LogP contribution in [0.2, 0.25) is 0 Å². The zero-order valence-corrected chi connectivity index (χ0v) is 9.62. The van der Waals surface area contributed by atoms with Gasteiger partial charge in [0.15, 0.2) is 0 Å². The number of aryl methyl sites for hydroxylation is 2. The largest absolute Gasteiger partial charge is 0.399 e. The fraction of sp³-hybridized carbons (Fsp3) is 0.455. The van der Waals surface area contributed by atoms with Crippen LogP contribution in [0.25, 0.3) is 0 Å². The van der Waals surface area contributed by atoms with Gasteiger partial charge >= 0.3 is 0 Å². The van der Waals surface area contributed by atoms with Gasteiger partial charge in [0.1, 0.15) is 6.10 Å². The van der Waals surface area contributed by atoms with Crippen molar-refractivity contribution < 1.29 is 10.2 Å². The predicted molar refractivity (Wildman–Crippen MR) is 62.0 cm³/mol. The first-order valence-corrected chi connectivity index (χ1v) is 5.29. The van der Waals surface area contributed by atoms with Crippen molar-refractivity contribution in [2.75, 3.05) is 11.6 Å². The van der Waals surface area contributed by atoms with Crippen LogP contribution in [0.1, 0.15) is 22.8 Å². The van der Waals surface area contributed by atoms with Crippen LogP contribution in [0.5, 0.6) is 0 Å². The summed E-state index contributed by atoms with van der Waals surface area (Å²) in [6.07, 6.45) is -1.91. The summed E-state index contributed by atoms with van der Waals surface area (Å²) in [7, 11) is 0. The number of aliphatic hydroxyl groups excluding tert-OH is 2. The molecule has 0 heterocycles. The van der Waals surface area contributed by atoms with Crippen LogP contribution in [0.3, 0.4) is 0 Å². The first kappa shape index (κ1) is 12.3. The highest BCUT2D eigenvalue weighted by Gasteiger charge is 2.21. The molecule has 0 saturated carbocycles. The molecule has 4 N–H and O–H groups in total. The number of rotatable bonds is 3. The highest BCUT2D eigenvalue weighted by molar-refractivity contribution is 6.18. The van der Waals surface area contributed by atoms with Crippen LogP contribution in [-0.2, 0) is 0 Å². The van der Waals surface area contributed by atoms with Crippen LogP contribution < -0.4 is 5.73 Å². The van der Waals surface area contributed by atoms with Crippen molar-refractivity contribution in [2.45, 2.75) is 26.1 Å². The number of hydrogen-bond acceptors (Lipinski definition) is 3. The van der Waals surface area contributed by atoms with Crippen molar-refractivity contribution in [3.63, 3.8) is 0 Å². The fourth-order valence-electron chi connectivity index (χ4n) is 1.75. The molecule has 0 amide bonds. The summed E-state index contributed by atoms with van der Waals surface area (Å²) >= 11 is 5.50. The molecule has 0 spiro atoms. The topological polar surface area (TPSA) is 66.5 Å². The lowest BCUT2D eigenvalue weighted by molar-refractivity contribution is 0.0319. The Bertz CT molecular complexity index is 331. The van der Waals surface area contributed by atoms with E-state index in [4.69, 9.17) is 17.3 Å². The average molecular weight is 230 g/mol. The number of aliphatic hydroxyl groups is 2. The molecule has 0 radical (unpaired) electrons. The van der Waals surface area contributed by atoms with E-state index in [2.05, 4.69) is 0 Å². The monoisotopic (exact) mass is 229 g/mol. The molecule has 2 unspecified atom stereocenters. The van der Waals surface area contributed by atoms with E-state index in [9.17, 15) is 10.2 Å². The van der Waals surface area contributed by atoms with Gasteiger partial charge in [-0.05, 0) is 42.7 Å². The number of anilines is 1. The first-order chi connectivity index (χ1) is 6.97. The molecule has 1 aromatic carbocycles. The summed E-state index contributed by atoms with van der Waals surface area (Å²) in [4.78, 5) is 0. The smallest absolute Gasteiger partial charge is 0.107 e. The lowest BCUT2D eigenvalue weighted by Crippen LogP contribution is -2.21. The zero-order valence-electron chi connectivity index (χ0n) is 8.87. The van der Waals surface area contributed by atoms with Gasteiger partial charge in [-0.25, -0.2) is 0 Å². The Labute approximate surface area is 94.5 Å². The minimum absolute atomic E-state index is 0.00439. The van der Waals surface area contributed by atoms with Gasteiger partial charge in [-0.15, -0.1) is 11.6 Å². The molecule has 0 aromatic heterocycles. The molecule has 4 heteroatoms. The van der Waals surface area contributed by atoms with Gasteiger partial charge < -0.3 is 15.9 Å². The number of nitrogens with two attached hydrogens (primary N) is 1. The van der Waals surface area contributed by atoms with Crippen LogP contribution >= 0.6 is 11.6 Å². The van der Waals surface area contributed by atoms with Gasteiger partial charge in [0, 0.05) is 5.69 Å². The second-order valence-corrected chi connectivity index (χ2v) is 4.04. The van der Waals surface area contributed by atoms with E-state index in [0.717, 1.165) is 11.1 Å². The van der Waals surface area contributed by atoms with E-state index in [1.54, 1.807) is 12.1 Å². The summed E-state index contributed by atoms with van der Waals surface area (Å²) < 4.78 is 0. The van der Waals surface area contributed by atoms with Gasteiger partial charge in [0.2, 0.25) is 0 Å². The van der Waals surface area contributed by atoms with E-state index in [1.807, 2.05) is 13.8 Å². The third-order valence-electron chi connectivity index (χ3n) is 2.43. The molecular weight excluding hydrogens is 214 g/mol. The lowest BCUT2D eigenvalue weighted by Gasteiger charge is -2.20. The van der Waals surface area contributed by atoms with Crippen LogP contribution in [0.4, 0.5) is 5.69 Å². The predicted octanol–water partition coefficient (Wildman–Crippen LogP) is 1.52. The van der Waals surface area contributed by atoms with Gasteiger partial charge in [-0.1, -0.05) is 0 Å². The maximum Gasteiger partial charge on any atom is 0.107 e. The maximum atomic E-state index is 9.87. The molecule has 0 aliphatic carbocycles. The Morgan fingerprint density at radius 3 is 2.13 bits per heavy atom. The zero-order chi connectivity index (χ0) is 11.6. The molecule has 84 valence electrons. The lowest BCUT2D eigenvalue weighted by atomic mass is 9.94. The summed E-state index contributed by atoms with van der Waals surface area (Å²) in [6, 6.07) is 3.54. The molecular formula is C11H16ClNO2. The number of alkyl halides is 1.